The van der Waals surface area contributed by atoms with E-state index in [1.807, 2.05) is 18.4 Å². The third-order valence-corrected chi connectivity index (χ3v) is 13.1. The van der Waals surface area contributed by atoms with Gasteiger partial charge in [-0.1, -0.05) is 121 Å². The van der Waals surface area contributed by atoms with Crippen molar-refractivity contribution in [3.05, 3.63) is 188 Å². The van der Waals surface area contributed by atoms with Gasteiger partial charge in [-0.05, 0) is 87.8 Å². The van der Waals surface area contributed by atoms with Crippen LogP contribution >= 0.6 is 11.3 Å². The van der Waals surface area contributed by atoms with Crippen molar-refractivity contribution in [2.24, 2.45) is 4.99 Å². The molecule has 3 heterocycles. The first-order chi connectivity index (χ1) is 28.7. The molecule has 4 nitrogen and oxygen atoms in total. The first-order valence-corrected chi connectivity index (χ1v) is 20.7. The normalized spacial score (nSPS) is 12.4. The van der Waals surface area contributed by atoms with E-state index in [1.54, 1.807) is 0 Å². The van der Waals surface area contributed by atoms with E-state index in [0.29, 0.717) is 6.42 Å². The molecule has 12 aromatic rings. The summed E-state index contributed by atoms with van der Waals surface area (Å²) in [6.07, 6.45) is 0.648. The first-order valence-electron chi connectivity index (χ1n) is 19.8. The molecule has 12 rings (SSSR count). The van der Waals surface area contributed by atoms with Crippen molar-refractivity contribution in [2.45, 2.75) is 6.42 Å². The maximum atomic E-state index is 5.57. The third kappa shape index (κ3) is 4.97. The highest BCUT2D eigenvalue weighted by Crippen LogP contribution is 2.41. The fraction of sp³-hybridized carbons (Fsp3) is 0.0377. The molecule has 274 valence electrons. The second-order valence-electron chi connectivity index (χ2n) is 15.2. The molecule has 0 unspecified atom stereocenters. The summed E-state index contributed by atoms with van der Waals surface area (Å²) in [5.74, 6) is 0.967. The molecule has 1 N–H and O–H groups in total. The first kappa shape index (κ1) is 33.0. The van der Waals surface area contributed by atoms with Gasteiger partial charge in [-0.25, -0.2) is 4.99 Å². The minimum Gasteiger partial charge on any atom is -0.386 e. The molecule has 0 atom stereocenters. The maximum absolute atomic E-state index is 5.57. The van der Waals surface area contributed by atoms with Crippen molar-refractivity contribution < 1.29 is 0 Å². The van der Waals surface area contributed by atoms with E-state index in [9.17, 15) is 0 Å². The summed E-state index contributed by atoms with van der Waals surface area (Å²) in [5, 5.41) is 16.0. The van der Waals surface area contributed by atoms with Crippen LogP contribution in [0.15, 0.2) is 187 Å². The molecular formula is C53H36N4S. The van der Waals surface area contributed by atoms with E-state index in [-0.39, 0.29) is 0 Å². The fourth-order valence-electron chi connectivity index (χ4n) is 9.37. The predicted molar refractivity (Wildman–Crippen MR) is 250 cm³/mol. The van der Waals surface area contributed by atoms with Crippen LogP contribution in [0.2, 0.25) is 0 Å². The minimum absolute atomic E-state index is 0.648. The van der Waals surface area contributed by atoms with Crippen LogP contribution in [0.4, 0.5) is 11.4 Å². The Bertz CT molecular complexity index is 3660. The Morgan fingerprint density at radius 3 is 1.95 bits per heavy atom. The molecule has 58 heavy (non-hydrogen) atoms. The zero-order valence-corrected chi connectivity index (χ0v) is 32.6. The Morgan fingerprint density at radius 1 is 0.500 bits per heavy atom. The Kier molecular flexibility index (Phi) is 7.34. The Labute approximate surface area is 338 Å². The van der Waals surface area contributed by atoms with E-state index in [1.165, 1.54) is 79.9 Å². The van der Waals surface area contributed by atoms with Crippen molar-refractivity contribution in [3.63, 3.8) is 0 Å². The van der Waals surface area contributed by atoms with Crippen molar-refractivity contribution in [2.75, 3.05) is 12.4 Å². The number of hydrogen-bond acceptors (Lipinski definition) is 3. The summed E-state index contributed by atoms with van der Waals surface area (Å²) < 4.78 is 7.48. The highest BCUT2D eigenvalue weighted by molar-refractivity contribution is 7.25. The number of aliphatic imine (C=N–C) groups is 1. The molecule has 0 aliphatic rings. The number of fused-ring (bicyclic) bond motifs is 13. The summed E-state index contributed by atoms with van der Waals surface area (Å²) >= 11 is 1.86. The second-order valence-corrected chi connectivity index (χ2v) is 16.2. The largest absolute Gasteiger partial charge is 0.386 e. The van der Waals surface area contributed by atoms with Gasteiger partial charge in [0.05, 0.1) is 33.4 Å². The summed E-state index contributed by atoms with van der Waals surface area (Å²) in [4.78, 5) is 5.57. The number of thiophene rings is 1. The molecule has 0 aliphatic carbocycles. The highest BCUT2D eigenvalue weighted by atomic mass is 32.1. The average molecular weight is 761 g/mol. The van der Waals surface area contributed by atoms with Crippen molar-refractivity contribution in [1.82, 2.24) is 9.13 Å². The second kappa shape index (κ2) is 12.9. The van der Waals surface area contributed by atoms with Crippen LogP contribution in [0.5, 0.6) is 0 Å². The van der Waals surface area contributed by atoms with Gasteiger partial charge in [0.25, 0.3) is 0 Å². The van der Waals surface area contributed by atoms with E-state index in [0.717, 1.165) is 33.9 Å². The van der Waals surface area contributed by atoms with Gasteiger partial charge < -0.3 is 9.88 Å². The van der Waals surface area contributed by atoms with E-state index in [4.69, 9.17) is 4.99 Å². The van der Waals surface area contributed by atoms with Gasteiger partial charge in [-0.2, -0.15) is 0 Å². The lowest BCUT2D eigenvalue weighted by Crippen LogP contribution is -2.15. The van der Waals surface area contributed by atoms with Crippen molar-refractivity contribution in [3.8, 4) is 5.69 Å². The third-order valence-electron chi connectivity index (χ3n) is 11.9. The molecule has 0 saturated heterocycles. The lowest BCUT2D eigenvalue weighted by molar-refractivity contribution is 1.15. The Balaban J connectivity index is 1.14. The van der Waals surface area contributed by atoms with Gasteiger partial charge in [0, 0.05) is 60.9 Å². The van der Waals surface area contributed by atoms with Gasteiger partial charge in [-0.3, -0.25) is 4.57 Å². The summed E-state index contributed by atoms with van der Waals surface area (Å²) in [5.41, 5.74) is 8.94. The van der Waals surface area contributed by atoms with Gasteiger partial charge in [0.1, 0.15) is 5.84 Å². The number of nitrogens with one attached hydrogen (secondary N) is 1. The van der Waals surface area contributed by atoms with E-state index in [2.05, 4.69) is 196 Å². The molecular weight excluding hydrogens is 725 g/mol. The van der Waals surface area contributed by atoms with Gasteiger partial charge in [0.15, 0.2) is 0 Å². The number of anilines is 1. The standard InChI is InChI=1S/C53H36N4S/c1-54-43-18-8-9-19-44(43)55-51(31-33-22-26-40-39-16-7-11-21-49(39)58-50(40)30-33)57-46-29-25-36(32-42(46)53-38-15-5-3-13-35(38)24-28-48(53)57)56-45-20-10-6-17-41(45)52-37-14-4-2-12-34(37)23-27-47(52)56/h2-30,32,54H,31H2,1H3. The zero-order valence-electron chi connectivity index (χ0n) is 31.8. The SMILES string of the molecule is CNc1ccccc1N=C(Cc1ccc2c(c1)sc1ccccc12)n1c2ccc(-n3c4ccccc4c4c5ccccc5ccc43)cc2c2c3ccccc3ccc21. The number of rotatable bonds is 5. The smallest absolute Gasteiger partial charge is 0.118 e. The number of para-hydroxylation sites is 3. The van der Waals surface area contributed by atoms with Crippen LogP contribution in [0.25, 0.3) is 91.0 Å². The van der Waals surface area contributed by atoms with Crippen LogP contribution < -0.4 is 5.32 Å². The topological polar surface area (TPSA) is 34.2 Å². The number of benzene rings is 9. The molecule has 3 aromatic heterocycles. The van der Waals surface area contributed by atoms with E-state index >= 15 is 0 Å². The highest BCUT2D eigenvalue weighted by Gasteiger charge is 2.21. The molecule has 0 aliphatic heterocycles. The molecule has 9 aromatic carbocycles. The van der Waals surface area contributed by atoms with E-state index < -0.39 is 0 Å². The summed E-state index contributed by atoms with van der Waals surface area (Å²) in [6, 6.07) is 66.4. The maximum Gasteiger partial charge on any atom is 0.118 e. The molecule has 5 heteroatoms. The van der Waals surface area contributed by atoms with Crippen LogP contribution in [0, 0.1) is 0 Å². The number of hydrogen-bond donors (Lipinski definition) is 1. The van der Waals surface area contributed by atoms with Crippen LogP contribution in [-0.2, 0) is 6.42 Å². The lowest BCUT2D eigenvalue weighted by Gasteiger charge is -2.15. The van der Waals surface area contributed by atoms with Crippen LogP contribution in [0.1, 0.15) is 5.56 Å². The summed E-state index contributed by atoms with van der Waals surface area (Å²) in [6.45, 7) is 0. The molecule has 0 fully saturated rings. The molecule has 0 bridgehead atoms. The molecule has 0 radical (unpaired) electrons. The van der Waals surface area contributed by atoms with Crippen LogP contribution in [-0.4, -0.2) is 22.0 Å². The minimum atomic E-state index is 0.648. The van der Waals surface area contributed by atoms with Gasteiger partial charge in [-0.15, -0.1) is 11.3 Å². The zero-order chi connectivity index (χ0) is 38.3. The summed E-state index contributed by atoms with van der Waals surface area (Å²) in [7, 11) is 1.97. The van der Waals surface area contributed by atoms with Crippen LogP contribution in [0.3, 0.4) is 0 Å². The number of aromatic nitrogens is 2. The Hall–Kier alpha value is -7.21. The van der Waals surface area contributed by atoms with Gasteiger partial charge in [0.2, 0.25) is 0 Å². The fourth-order valence-corrected chi connectivity index (χ4v) is 10.5. The quantitative estimate of drug-likeness (QED) is 0.138. The lowest BCUT2D eigenvalue weighted by atomic mass is 10.0. The van der Waals surface area contributed by atoms with Crippen molar-refractivity contribution in [1.29, 1.82) is 0 Å². The van der Waals surface area contributed by atoms with Crippen molar-refractivity contribution >= 4 is 114 Å². The van der Waals surface area contributed by atoms with Gasteiger partial charge >= 0.3 is 0 Å². The number of nitrogens with zero attached hydrogens (tertiary/aromatic N) is 3. The molecule has 0 saturated carbocycles. The predicted octanol–water partition coefficient (Wildman–Crippen LogP) is 14.4. The Morgan fingerprint density at radius 2 is 1.14 bits per heavy atom. The monoisotopic (exact) mass is 760 g/mol. The molecule has 0 amide bonds. The molecule has 0 spiro atoms. The average Bonchev–Trinajstić information content (AvgIpc) is 3.93.